The fourth-order valence-electron chi connectivity index (χ4n) is 6.09. The molecule has 4 aliphatic heterocycles. The lowest BCUT2D eigenvalue weighted by Gasteiger charge is -2.47. The van der Waals surface area contributed by atoms with E-state index in [-0.39, 0.29) is 37.7 Å². The summed E-state index contributed by atoms with van der Waals surface area (Å²) in [6, 6.07) is 4.95. The molecule has 9 nitrogen and oxygen atoms in total. The van der Waals surface area contributed by atoms with Crippen molar-refractivity contribution in [1.29, 1.82) is 0 Å². The molecular weight excluding hydrogens is 428 g/mol. The topological polar surface area (TPSA) is 94.6 Å². The first-order chi connectivity index (χ1) is 15.9. The number of carbonyl (C=O) groups is 3. The first-order valence-electron chi connectivity index (χ1n) is 11.6. The number of carbonyl (C=O) groups excluding carboxylic acids is 3. The predicted molar refractivity (Wildman–Crippen MR) is 116 cm³/mol. The van der Waals surface area contributed by atoms with E-state index in [9.17, 15) is 14.4 Å². The van der Waals surface area contributed by atoms with Crippen molar-refractivity contribution >= 4 is 17.8 Å². The van der Waals surface area contributed by atoms with Crippen LogP contribution in [0.4, 0.5) is 0 Å². The molecule has 2 amide bonds. The Hall–Kier alpha value is -2.81. The van der Waals surface area contributed by atoms with Crippen molar-refractivity contribution in [3.8, 4) is 11.5 Å². The number of piperazine rings is 1. The van der Waals surface area contributed by atoms with Crippen LogP contribution in [-0.2, 0) is 23.9 Å². The van der Waals surface area contributed by atoms with Crippen molar-refractivity contribution in [3.05, 3.63) is 23.8 Å². The normalized spacial score (nSPS) is 32.7. The second-order valence-corrected chi connectivity index (χ2v) is 9.29. The summed E-state index contributed by atoms with van der Waals surface area (Å²) < 4.78 is 22.5. The van der Waals surface area contributed by atoms with Gasteiger partial charge in [-0.2, -0.15) is 0 Å². The maximum atomic E-state index is 14.0. The van der Waals surface area contributed by atoms with E-state index >= 15 is 0 Å². The Bertz CT molecular complexity index is 976. The summed E-state index contributed by atoms with van der Waals surface area (Å²) in [4.78, 5) is 44.0. The van der Waals surface area contributed by atoms with Crippen molar-refractivity contribution in [2.45, 2.75) is 44.4 Å². The van der Waals surface area contributed by atoms with Gasteiger partial charge in [-0.1, -0.05) is 0 Å². The Labute approximate surface area is 192 Å². The zero-order valence-corrected chi connectivity index (χ0v) is 19.2. The van der Waals surface area contributed by atoms with Crippen molar-refractivity contribution in [2.24, 2.45) is 11.8 Å². The van der Waals surface area contributed by atoms with Gasteiger partial charge in [0, 0.05) is 24.6 Å². The quantitative estimate of drug-likeness (QED) is 0.618. The molecule has 33 heavy (non-hydrogen) atoms. The first-order valence-corrected chi connectivity index (χ1v) is 11.6. The number of nitrogens with zero attached hydrogens (tertiary/aromatic N) is 2. The molecule has 0 bridgehead atoms. The van der Waals surface area contributed by atoms with Crippen LogP contribution < -0.4 is 9.47 Å². The highest BCUT2D eigenvalue weighted by Gasteiger charge is 2.69. The lowest BCUT2D eigenvalue weighted by atomic mass is 9.77. The third kappa shape index (κ3) is 3.27. The number of fused-ring (bicyclic) bond motifs is 5. The van der Waals surface area contributed by atoms with Crippen LogP contribution in [0.5, 0.6) is 11.5 Å². The molecule has 0 spiro atoms. The van der Waals surface area contributed by atoms with E-state index < -0.39 is 29.4 Å². The Kier molecular flexibility index (Phi) is 5.47. The van der Waals surface area contributed by atoms with Crippen LogP contribution in [0.15, 0.2) is 18.2 Å². The maximum absolute atomic E-state index is 14.0. The van der Waals surface area contributed by atoms with E-state index in [1.54, 1.807) is 42.9 Å². The van der Waals surface area contributed by atoms with Gasteiger partial charge >= 0.3 is 5.97 Å². The Morgan fingerprint density at radius 3 is 2.82 bits per heavy atom. The summed E-state index contributed by atoms with van der Waals surface area (Å²) in [6.45, 7) is 4.82. The number of ether oxygens (including phenoxy) is 4. The Balaban J connectivity index is 1.59. The average Bonchev–Trinajstić information content (AvgIpc) is 3.41. The van der Waals surface area contributed by atoms with Gasteiger partial charge in [0.05, 0.1) is 44.9 Å². The van der Waals surface area contributed by atoms with Gasteiger partial charge in [-0.15, -0.1) is 0 Å². The van der Waals surface area contributed by atoms with Gasteiger partial charge in [0.15, 0.2) is 0 Å². The minimum Gasteiger partial charge on any atom is -0.497 e. The van der Waals surface area contributed by atoms with Crippen molar-refractivity contribution in [1.82, 2.24) is 9.80 Å². The highest BCUT2D eigenvalue weighted by molar-refractivity contribution is 6.02. The van der Waals surface area contributed by atoms with Gasteiger partial charge in [-0.05, 0) is 44.9 Å². The molecule has 1 aromatic carbocycles. The fourth-order valence-corrected chi connectivity index (χ4v) is 6.09. The number of hydrogen-bond donors (Lipinski definition) is 0. The van der Waals surface area contributed by atoms with Crippen LogP contribution in [0, 0.1) is 11.8 Å². The molecule has 4 aliphatic rings. The molecule has 5 rings (SSSR count). The number of amides is 2. The monoisotopic (exact) mass is 458 g/mol. The highest BCUT2D eigenvalue weighted by Crippen LogP contribution is 2.57. The third-order valence-electron chi connectivity index (χ3n) is 7.49. The van der Waals surface area contributed by atoms with Gasteiger partial charge in [0.2, 0.25) is 11.8 Å². The number of benzene rings is 1. The maximum Gasteiger partial charge on any atom is 0.312 e. The molecule has 5 atom stereocenters. The van der Waals surface area contributed by atoms with Crippen molar-refractivity contribution in [2.75, 3.05) is 40.0 Å². The smallest absolute Gasteiger partial charge is 0.312 e. The van der Waals surface area contributed by atoms with Gasteiger partial charge < -0.3 is 28.7 Å². The number of methoxy groups -OCH3 is 1. The summed E-state index contributed by atoms with van der Waals surface area (Å²) in [5.41, 5.74) is -0.624. The zero-order valence-electron chi connectivity index (χ0n) is 19.2. The average molecular weight is 459 g/mol. The standard InChI is InChI=1S/C24H30N2O7/c1-4-31-22(28)20-17-13-33-18-8-7-14(30-3)10-16(18)21(17)26-19(27)12-25(23(29)24(20,26)2)11-15-6-5-9-32-15/h7-8,10,15,17,20-21H,4-6,9,11-13H2,1-3H3/t15?,17?,20?,21?,24-/m1/s1. The summed E-state index contributed by atoms with van der Waals surface area (Å²) in [6.07, 6.45) is 1.71. The van der Waals surface area contributed by atoms with Gasteiger partial charge in [0.1, 0.15) is 17.0 Å². The first kappa shape index (κ1) is 22.0. The molecule has 4 unspecified atom stereocenters. The Morgan fingerprint density at radius 2 is 2.12 bits per heavy atom. The number of esters is 1. The molecular formula is C24H30N2O7. The SMILES string of the molecule is CCOC(=O)C1C2COc3ccc(OC)cc3C2N2C(=O)CN(CC3CCCO3)C(=O)[C@@]12C. The fraction of sp³-hybridized carbons (Fsp3) is 0.625. The predicted octanol–water partition coefficient (Wildman–Crippen LogP) is 1.55. The highest BCUT2D eigenvalue weighted by atomic mass is 16.5. The van der Waals surface area contributed by atoms with Crippen LogP contribution in [0.2, 0.25) is 0 Å². The van der Waals surface area contributed by atoms with E-state index in [1.165, 1.54) is 0 Å². The molecule has 3 saturated heterocycles. The third-order valence-corrected chi connectivity index (χ3v) is 7.49. The van der Waals surface area contributed by atoms with Gasteiger partial charge in [-0.3, -0.25) is 14.4 Å². The lowest BCUT2D eigenvalue weighted by Crippen LogP contribution is -2.68. The largest absolute Gasteiger partial charge is 0.497 e. The number of rotatable bonds is 5. The van der Waals surface area contributed by atoms with E-state index in [4.69, 9.17) is 18.9 Å². The second kappa shape index (κ2) is 8.20. The molecule has 0 aliphatic carbocycles. The van der Waals surface area contributed by atoms with Gasteiger partial charge in [0.25, 0.3) is 0 Å². The molecule has 0 radical (unpaired) electrons. The summed E-state index contributed by atoms with van der Waals surface area (Å²) in [5.74, 6) is -0.912. The van der Waals surface area contributed by atoms with Crippen LogP contribution in [0.25, 0.3) is 0 Å². The number of hydrogen-bond acceptors (Lipinski definition) is 7. The van der Waals surface area contributed by atoms with Crippen LogP contribution in [-0.4, -0.2) is 79.2 Å². The van der Waals surface area contributed by atoms with Crippen LogP contribution in [0.3, 0.4) is 0 Å². The van der Waals surface area contributed by atoms with Crippen LogP contribution in [0.1, 0.15) is 38.3 Å². The minimum atomic E-state index is -1.37. The lowest BCUT2D eigenvalue weighted by molar-refractivity contribution is -0.171. The van der Waals surface area contributed by atoms with E-state index in [0.29, 0.717) is 24.7 Å². The van der Waals surface area contributed by atoms with Crippen LogP contribution >= 0.6 is 0 Å². The molecule has 178 valence electrons. The minimum absolute atomic E-state index is 0.0345. The summed E-state index contributed by atoms with van der Waals surface area (Å²) in [7, 11) is 1.57. The molecule has 0 N–H and O–H groups in total. The second-order valence-electron chi connectivity index (χ2n) is 9.29. The van der Waals surface area contributed by atoms with Gasteiger partial charge in [-0.25, -0.2) is 0 Å². The summed E-state index contributed by atoms with van der Waals surface area (Å²) in [5, 5.41) is 0. The van der Waals surface area contributed by atoms with Crippen molar-refractivity contribution in [3.63, 3.8) is 0 Å². The molecule has 4 heterocycles. The van der Waals surface area contributed by atoms with Crippen molar-refractivity contribution < 1.29 is 33.3 Å². The van der Waals surface area contributed by atoms with E-state index in [1.807, 2.05) is 6.07 Å². The zero-order chi connectivity index (χ0) is 23.3. The molecule has 0 aromatic heterocycles. The van der Waals surface area contributed by atoms with E-state index in [0.717, 1.165) is 18.4 Å². The molecule has 9 heteroatoms. The summed E-state index contributed by atoms with van der Waals surface area (Å²) >= 11 is 0. The molecule has 0 saturated carbocycles. The Morgan fingerprint density at radius 1 is 1.30 bits per heavy atom. The molecule has 3 fully saturated rings. The van der Waals surface area contributed by atoms with E-state index in [2.05, 4.69) is 0 Å². The molecule has 1 aromatic rings.